The fourth-order valence-electron chi connectivity index (χ4n) is 2.36. The van der Waals surface area contributed by atoms with Crippen LogP contribution >= 0.6 is 0 Å². The van der Waals surface area contributed by atoms with Crippen LogP contribution in [0, 0.1) is 5.92 Å². The van der Waals surface area contributed by atoms with Gasteiger partial charge in [-0.1, -0.05) is 6.92 Å². The third-order valence-electron chi connectivity index (χ3n) is 3.73. The number of hydrogen-bond donors (Lipinski definition) is 1. The Morgan fingerprint density at radius 2 is 2.06 bits per heavy atom. The van der Waals surface area contributed by atoms with Crippen LogP contribution in [0.2, 0.25) is 0 Å². The molecular formula is C12H21NO3. The van der Waals surface area contributed by atoms with Crippen LogP contribution in [0.1, 0.15) is 39.0 Å². The second-order valence-corrected chi connectivity index (χ2v) is 5.23. The summed E-state index contributed by atoms with van der Waals surface area (Å²) in [5.41, 5.74) is 5.39. The van der Waals surface area contributed by atoms with Crippen molar-refractivity contribution in [2.75, 3.05) is 13.2 Å². The molecule has 1 aliphatic carbocycles. The zero-order valence-electron chi connectivity index (χ0n) is 9.91. The summed E-state index contributed by atoms with van der Waals surface area (Å²) < 4.78 is 10.6. The average molecular weight is 227 g/mol. The van der Waals surface area contributed by atoms with Gasteiger partial charge in [0.2, 0.25) is 0 Å². The highest BCUT2D eigenvalue weighted by Gasteiger charge is 2.40. The van der Waals surface area contributed by atoms with Crippen LogP contribution in [-0.2, 0) is 14.3 Å². The number of hydrogen-bond acceptors (Lipinski definition) is 4. The molecule has 4 heteroatoms. The molecule has 0 aromatic carbocycles. The summed E-state index contributed by atoms with van der Waals surface area (Å²) in [4.78, 5) is 12.0. The van der Waals surface area contributed by atoms with Crippen LogP contribution in [0.15, 0.2) is 0 Å². The lowest BCUT2D eigenvalue weighted by Gasteiger charge is -2.34. The van der Waals surface area contributed by atoms with E-state index in [1.165, 1.54) is 0 Å². The van der Waals surface area contributed by atoms with E-state index in [0.717, 1.165) is 32.1 Å². The van der Waals surface area contributed by atoms with E-state index in [2.05, 4.69) is 6.92 Å². The molecule has 0 amide bonds. The molecule has 0 spiro atoms. The number of rotatable bonds is 2. The first kappa shape index (κ1) is 11.9. The number of carbonyl (C=O) groups excluding carboxylic acids is 1. The minimum absolute atomic E-state index is 0.0766. The molecule has 4 nitrogen and oxygen atoms in total. The monoisotopic (exact) mass is 227 g/mol. The van der Waals surface area contributed by atoms with Crippen LogP contribution in [0.25, 0.3) is 0 Å². The number of nitrogens with two attached hydrogens (primary N) is 1. The third kappa shape index (κ3) is 2.55. The Hall–Kier alpha value is -0.610. The van der Waals surface area contributed by atoms with Crippen molar-refractivity contribution < 1.29 is 14.3 Å². The maximum absolute atomic E-state index is 12.0. The third-order valence-corrected chi connectivity index (χ3v) is 3.73. The predicted octanol–water partition coefficient (Wildman–Crippen LogP) is 1.23. The Morgan fingerprint density at radius 3 is 2.62 bits per heavy atom. The number of carbonyl (C=O) groups is 1. The highest BCUT2D eigenvalue weighted by atomic mass is 16.6. The molecule has 1 atom stereocenters. The quantitative estimate of drug-likeness (QED) is 0.721. The summed E-state index contributed by atoms with van der Waals surface area (Å²) in [5, 5.41) is 0. The largest absolute Gasteiger partial charge is 0.458 e. The summed E-state index contributed by atoms with van der Waals surface area (Å²) in [7, 11) is 0. The molecule has 0 aromatic heterocycles. The van der Waals surface area contributed by atoms with Gasteiger partial charge in [-0.25, -0.2) is 0 Å². The summed E-state index contributed by atoms with van der Waals surface area (Å²) in [6.07, 6.45) is 4.27. The topological polar surface area (TPSA) is 61.6 Å². The van der Waals surface area contributed by atoms with Crippen molar-refractivity contribution in [2.24, 2.45) is 11.7 Å². The minimum atomic E-state index is -0.741. The maximum Gasteiger partial charge on any atom is 0.326 e. The molecule has 0 bridgehead atoms. The smallest absolute Gasteiger partial charge is 0.326 e. The van der Waals surface area contributed by atoms with Gasteiger partial charge in [-0.05, 0) is 31.6 Å². The van der Waals surface area contributed by atoms with Crippen molar-refractivity contribution in [1.29, 1.82) is 0 Å². The summed E-state index contributed by atoms with van der Waals surface area (Å²) in [5.74, 6) is 0.453. The van der Waals surface area contributed by atoms with Crippen molar-refractivity contribution in [3.8, 4) is 0 Å². The maximum atomic E-state index is 12.0. The zero-order valence-corrected chi connectivity index (χ0v) is 9.91. The molecule has 92 valence electrons. The lowest BCUT2D eigenvalue weighted by Crippen LogP contribution is -2.52. The minimum Gasteiger partial charge on any atom is -0.458 e. The Balaban J connectivity index is 1.87. The fraction of sp³-hybridized carbons (Fsp3) is 0.917. The van der Waals surface area contributed by atoms with Crippen molar-refractivity contribution in [1.82, 2.24) is 0 Å². The van der Waals surface area contributed by atoms with Crippen LogP contribution in [-0.4, -0.2) is 30.8 Å². The van der Waals surface area contributed by atoms with E-state index in [-0.39, 0.29) is 12.1 Å². The fourth-order valence-corrected chi connectivity index (χ4v) is 2.36. The SMILES string of the molecule is CC1CCC(N)(C(=O)OC2CCOC2)CC1. The number of ether oxygens (including phenoxy) is 2. The average Bonchev–Trinajstić information content (AvgIpc) is 2.75. The second kappa shape index (κ2) is 4.72. The zero-order chi connectivity index (χ0) is 11.6. The molecule has 1 aliphatic heterocycles. The first-order chi connectivity index (χ1) is 7.60. The van der Waals surface area contributed by atoms with Gasteiger partial charge in [0.15, 0.2) is 0 Å². The number of esters is 1. The van der Waals surface area contributed by atoms with E-state index >= 15 is 0 Å². The molecule has 2 rings (SSSR count). The molecule has 16 heavy (non-hydrogen) atoms. The van der Waals surface area contributed by atoms with Crippen LogP contribution in [0.4, 0.5) is 0 Å². The molecule has 0 aromatic rings. The summed E-state index contributed by atoms with van der Waals surface area (Å²) >= 11 is 0. The van der Waals surface area contributed by atoms with Crippen LogP contribution in [0.3, 0.4) is 0 Å². The Kier molecular flexibility index (Phi) is 3.50. The van der Waals surface area contributed by atoms with E-state index in [9.17, 15) is 4.79 Å². The Bertz CT molecular complexity index is 253. The Labute approximate surface area is 96.5 Å². The Morgan fingerprint density at radius 1 is 1.38 bits per heavy atom. The molecule has 2 fully saturated rings. The van der Waals surface area contributed by atoms with E-state index in [1.54, 1.807) is 0 Å². The van der Waals surface area contributed by atoms with E-state index in [0.29, 0.717) is 19.1 Å². The molecule has 1 unspecified atom stereocenters. The molecule has 1 heterocycles. The standard InChI is InChI=1S/C12H21NO3/c1-9-2-5-12(13,6-3-9)11(14)16-10-4-7-15-8-10/h9-10H,2-8,13H2,1H3. The highest BCUT2D eigenvalue weighted by molar-refractivity contribution is 5.80. The van der Waals surface area contributed by atoms with E-state index < -0.39 is 5.54 Å². The van der Waals surface area contributed by atoms with Gasteiger partial charge < -0.3 is 15.2 Å². The van der Waals surface area contributed by atoms with Gasteiger partial charge >= 0.3 is 5.97 Å². The lowest BCUT2D eigenvalue weighted by atomic mass is 9.78. The first-order valence-corrected chi connectivity index (χ1v) is 6.18. The van der Waals surface area contributed by atoms with Gasteiger partial charge in [0.25, 0.3) is 0 Å². The summed E-state index contributed by atoms with van der Waals surface area (Å²) in [6, 6.07) is 0. The van der Waals surface area contributed by atoms with Gasteiger partial charge in [-0.3, -0.25) is 4.79 Å². The first-order valence-electron chi connectivity index (χ1n) is 6.18. The molecule has 0 radical (unpaired) electrons. The highest BCUT2D eigenvalue weighted by Crippen LogP contribution is 2.31. The van der Waals surface area contributed by atoms with Gasteiger partial charge in [0.05, 0.1) is 13.2 Å². The van der Waals surface area contributed by atoms with Gasteiger partial charge in [0.1, 0.15) is 11.6 Å². The molecule has 2 aliphatic rings. The van der Waals surface area contributed by atoms with Gasteiger partial charge in [-0.2, -0.15) is 0 Å². The van der Waals surface area contributed by atoms with Crippen molar-refractivity contribution in [3.63, 3.8) is 0 Å². The van der Waals surface area contributed by atoms with Crippen molar-refractivity contribution in [2.45, 2.75) is 50.7 Å². The molecular weight excluding hydrogens is 206 g/mol. The van der Waals surface area contributed by atoms with Crippen molar-refractivity contribution >= 4 is 5.97 Å². The van der Waals surface area contributed by atoms with Gasteiger partial charge in [-0.15, -0.1) is 0 Å². The predicted molar refractivity (Wildman–Crippen MR) is 59.9 cm³/mol. The summed E-state index contributed by atoms with van der Waals surface area (Å²) in [6.45, 7) is 3.42. The van der Waals surface area contributed by atoms with Crippen LogP contribution < -0.4 is 5.73 Å². The molecule has 1 saturated carbocycles. The van der Waals surface area contributed by atoms with E-state index in [1.807, 2.05) is 0 Å². The van der Waals surface area contributed by atoms with Gasteiger partial charge in [0, 0.05) is 6.42 Å². The molecule has 2 N–H and O–H groups in total. The lowest BCUT2D eigenvalue weighted by molar-refractivity contribution is -0.157. The molecule has 1 saturated heterocycles. The van der Waals surface area contributed by atoms with Crippen LogP contribution in [0.5, 0.6) is 0 Å². The van der Waals surface area contributed by atoms with Crippen molar-refractivity contribution in [3.05, 3.63) is 0 Å². The van der Waals surface area contributed by atoms with E-state index in [4.69, 9.17) is 15.2 Å². The normalized spacial score (nSPS) is 39.6. The second-order valence-electron chi connectivity index (χ2n) is 5.23.